The van der Waals surface area contributed by atoms with Crippen molar-refractivity contribution < 1.29 is 9.53 Å². The second-order valence-electron chi connectivity index (χ2n) is 3.52. The molecular formula is C9H18N2O2. The van der Waals surface area contributed by atoms with Gasteiger partial charge in [0.25, 0.3) is 0 Å². The predicted octanol–water partition coefficient (Wildman–Crippen LogP) is 0.0205. The molecule has 1 rings (SSSR count). The van der Waals surface area contributed by atoms with E-state index >= 15 is 0 Å². The van der Waals surface area contributed by atoms with E-state index in [1.54, 1.807) is 0 Å². The standard InChI is InChI=1S/C9H18N2O2/c1-2-5-11-8(12)9(10)3-6-13-7-4-9/h2-7,10H2,1H3,(H,11,12). The van der Waals surface area contributed by atoms with Gasteiger partial charge in [0.15, 0.2) is 0 Å². The van der Waals surface area contributed by atoms with Crippen LogP contribution < -0.4 is 11.1 Å². The highest BCUT2D eigenvalue weighted by Gasteiger charge is 2.35. The minimum Gasteiger partial charge on any atom is -0.381 e. The number of hydrogen-bond acceptors (Lipinski definition) is 3. The summed E-state index contributed by atoms with van der Waals surface area (Å²) in [6, 6.07) is 0. The average molecular weight is 186 g/mol. The van der Waals surface area contributed by atoms with E-state index in [0.717, 1.165) is 6.42 Å². The zero-order valence-electron chi connectivity index (χ0n) is 8.14. The van der Waals surface area contributed by atoms with Crippen LogP contribution in [0.25, 0.3) is 0 Å². The fraction of sp³-hybridized carbons (Fsp3) is 0.889. The number of nitrogens with two attached hydrogens (primary N) is 1. The Bertz CT molecular complexity index is 176. The van der Waals surface area contributed by atoms with Gasteiger partial charge in [0.2, 0.25) is 5.91 Å². The first-order valence-corrected chi connectivity index (χ1v) is 4.84. The highest BCUT2D eigenvalue weighted by Crippen LogP contribution is 2.17. The Morgan fingerprint density at radius 2 is 2.15 bits per heavy atom. The molecule has 4 heteroatoms. The summed E-state index contributed by atoms with van der Waals surface area (Å²) >= 11 is 0. The van der Waals surface area contributed by atoms with E-state index in [4.69, 9.17) is 10.5 Å². The van der Waals surface area contributed by atoms with Crippen molar-refractivity contribution in [3.05, 3.63) is 0 Å². The van der Waals surface area contributed by atoms with Crippen LogP contribution in [-0.2, 0) is 9.53 Å². The third-order valence-corrected chi connectivity index (χ3v) is 2.37. The van der Waals surface area contributed by atoms with Crippen molar-refractivity contribution in [2.75, 3.05) is 19.8 Å². The molecule has 13 heavy (non-hydrogen) atoms. The monoisotopic (exact) mass is 186 g/mol. The fourth-order valence-corrected chi connectivity index (χ4v) is 1.38. The highest BCUT2D eigenvalue weighted by molar-refractivity contribution is 5.86. The van der Waals surface area contributed by atoms with Gasteiger partial charge in [-0.25, -0.2) is 0 Å². The van der Waals surface area contributed by atoms with Crippen molar-refractivity contribution >= 4 is 5.91 Å². The van der Waals surface area contributed by atoms with Crippen LogP contribution in [0.3, 0.4) is 0 Å². The van der Waals surface area contributed by atoms with E-state index < -0.39 is 5.54 Å². The lowest BCUT2D eigenvalue weighted by atomic mass is 9.90. The summed E-state index contributed by atoms with van der Waals surface area (Å²) in [4.78, 5) is 11.6. The van der Waals surface area contributed by atoms with E-state index in [1.807, 2.05) is 6.92 Å². The zero-order valence-corrected chi connectivity index (χ0v) is 8.14. The quantitative estimate of drug-likeness (QED) is 0.653. The van der Waals surface area contributed by atoms with Crippen molar-refractivity contribution in [2.24, 2.45) is 5.73 Å². The van der Waals surface area contributed by atoms with Crippen molar-refractivity contribution in [1.82, 2.24) is 5.32 Å². The summed E-state index contributed by atoms with van der Waals surface area (Å²) in [6.07, 6.45) is 2.20. The summed E-state index contributed by atoms with van der Waals surface area (Å²) < 4.78 is 5.16. The smallest absolute Gasteiger partial charge is 0.240 e. The van der Waals surface area contributed by atoms with Gasteiger partial charge in [-0.3, -0.25) is 4.79 Å². The number of nitrogens with one attached hydrogen (secondary N) is 1. The lowest BCUT2D eigenvalue weighted by Crippen LogP contribution is -2.57. The van der Waals surface area contributed by atoms with Crippen LogP contribution in [0, 0.1) is 0 Å². The highest BCUT2D eigenvalue weighted by atomic mass is 16.5. The molecule has 0 unspecified atom stereocenters. The molecule has 1 aliphatic heterocycles. The second kappa shape index (κ2) is 4.58. The summed E-state index contributed by atoms with van der Waals surface area (Å²) in [6.45, 7) is 3.91. The lowest BCUT2D eigenvalue weighted by Gasteiger charge is -2.31. The molecule has 0 spiro atoms. The minimum atomic E-state index is -0.687. The van der Waals surface area contributed by atoms with Crippen molar-refractivity contribution in [2.45, 2.75) is 31.7 Å². The maximum atomic E-state index is 11.6. The predicted molar refractivity (Wildman–Crippen MR) is 50.3 cm³/mol. The average Bonchev–Trinajstić information content (AvgIpc) is 2.15. The Morgan fingerprint density at radius 1 is 1.54 bits per heavy atom. The van der Waals surface area contributed by atoms with Gasteiger partial charge in [-0.2, -0.15) is 0 Å². The minimum absolute atomic E-state index is 0.0300. The van der Waals surface area contributed by atoms with Gasteiger partial charge in [0.1, 0.15) is 0 Å². The molecule has 0 aliphatic carbocycles. The van der Waals surface area contributed by atoms with Gasteiger partial charge >= 0.3 is 0 Å². The molecular weight excluding hydrogens is 168 g/mol. The van der Waals surface area contributed by atoms with Gasteiger partial charge in [-0.15, -0.1) is 0 Å². The maximum absolute atomic E-state index is 11.6. The first-order valence-electron chi connectivity index (χ1n) is 4.84. The summed E-state index contributed by atoms with van der Waals surface area (Å²) in [5.74, 6) is -0.0300. The topological polar surface area (TPSA) is 64.4 Å². The summed E-state index contributed by atoms with van der Waals surface area (Å²) in [5, 5.41) is 2.82. The van der Waals surface area contributed by atoms with Crippen molar-refractivity contribution in [3.8, 4) is 0 Å². The summed E-state index contributed by atoms with van der Waals surface area (Å²) in [7, 11) is 0. The molecule has 1 saturated heterocycles. The van der Waals surface area contributed by atoms with Crippen molar-refractivity contribution in [1.29, 1.82) is 0 Å². The largest absolute Gasteiger partial charge is 0.381 e. The Balaban J connectivity index is 2.42. The number of amides is 1. The lowest BCUT2D eigenvalue weighted by molar-refractivity contribution is -0.129. The first kappa shape index (κ1) is 10.5. The molecule has 0 bridgehead atoms. The van der Waals surface area contributed by atoms with E-state index in [-0.39, 0.29) is 5.91 Å². The van der Waals surface area contributed by atoms with E-state index in [2.05, 4.69) is 5.32 Å². The molecule has 0 aromatic carbocycles. The van der Waals surface area contributed by atoms with Crippen LogP contribution in [0.1, 0.15) is 26.2 Å². The van der Waals surface area contributed by atoms with Crippen LogP contribution in [0.2, 0.25) is 0 Å². The van der Waals surface area contributed by atoms with Crippen LogP contribution in [0.5, 0.6) is 0 Å². The summed E-state index contributed by atoms with van der Waals surface area (Å²) in [5.41, 5.74) is 5.26. The SMILES string of the molecule is CCCNC(=O)C1(N)CCOCC1. The molecule has 76 valence electrons. The number of hydrogen-bond donors (Lipinski definition) is 2. The maximum Gasteiger partial charge on any atom is 0.240 e. The molecule has 0 saturated carbocycles. The fourth-order valence-electron chi connectivity index (χ4n) is 1.38. The van der Waals surface area contributed by atoms with Gasteiger partial charge in [-0.05, 0) is 19.3 Å². The molecule has 4 nitrogen and oxygen atoms in total. The van der Waals surface area contributed by atoms with Crippen LogP contribution in [0.4, 0.5) is 0 Å². The Morgan fingerprint density at radius 3 is 2.69 bits per heavy atom. The van der Waals surface area contributed by atoms with E-state index in [1.165, 1.54) is 0 Å². The second-order valence-corrected chi connectivity index (χ2v) is 3.52. The molecule has 3 N–H and O–H groups in total. The Labute approximate surface area is 78.8 Å². The van der Waals surface area contributed by atoms with Gasteiger partial charge in [0.05, 0.1) is 5.54 Å². The van der Waals surface area contributed by atoms with Crippen molar-refractivity contribution in [3.63, 3.8) is 0 Å². The van der Waals surface area contributed by atoms with Gasteiger partial charge in [0, 0.05) is 19.8 Å². The molecule has 0 aromatic heterocycles. The normalized spacial score (nSPS) is 21.1. The third kappa shape index (κ3) is 2.67. The molecule has 0 radical (unpaired) electrons. The van der Waals surface area contributed by atoms with Gasteiger partial charge in [-0.1, -0.05) is 6.92 Å². The third-order valence-electron chi connectivity index (χ3n) is 2.37. The molecule has 1 aliphatic rings. The van der Waals surface area contributed by atoms with Crippen LogP contribution in [0.15, 0.2) is 0 Å². The number of carbonyl (C=O) groups is 1. The Kier molecular flexibility index (Phi) is 3.69. The zero-order chi connectivity index (χ0) is 9.73. The molecule has 0 aromatic rings. The number of carbonyl (C=O) groups excluding carboxylic acids is 1. The molecule has 1 fully saturated rings. The van der Waals surface area contributed by atoms with Gasteiger partial charge < -0.3 is 15.8 Å². The first-order chi connectivity index (χ1) is 6.19. The molecule has 1 amide bonds. The van der Waals surface area contributed by atoms with Crippen LogP contribution >= 0.6 is 0 Å². The number of rotatable bonds is 3. The molecule has 0 atom stereocenters. The van der Waals surface area contributed by atoms with E-state index in [9.17, 15) is 4.79 Å². The van der Waals surface area contributed by atoms with E-state index in [0.29, 0.717) is 32.6 Å². The molecule has 1 heterocycles. The van der Waals surface area contributed by atoms with Crippen LogP contribution in [-0.4, -0.2) is 31.2 Å². The number of ether oxygens (including phenoxy) is 1. The Hall–Kier alpha value is -0.610.